The van der Waals surface area contributed by atoms with Crippen LogP contribution in [-0.2, 0) is 25.7 Å². The van der Waals surface area contributed by atoms with Crippen molar-refractivity contribution in [1.82, 2.24) is 10.2 Å². The first kappa shape index (κ1) is 26.2. The van der Waals surface area contributed by atoms with E-state index in [1.54, 1.807) is 31.4 Å². The van der Waals surface area contributed by atoms with Gasteiger partial charge in [0.05, 0.1) is 24.5 Å². The molecule has 3 unspecified atom stereocenters. The predicted octanol–water partition coefficient (Wildman–Crippen LogP) is 2.34. The number of fused-ring (bicyclic) bond motifs is 1. The molecule has 3 fully saturated rings. The predicted molar refractivity (Wildman–Crippen MR) is 140 cm³/mol. The fourth-order valence-corrected chi connectivity index (χ4v) is 6.70. The quantitative estimate of drug-likeness (QED) is 0.466. The first-order valence-electron chi connectivity index (χ1n) is 13.1. The molecular weight excluding hydrogens is 486 g/mol. The second kappa shape index (κ2) is 10.0. The number of rotatable bonds is 9. The molecule has 9 heteroatoms. The smallest absolute Gasteiger partial charge is 0.250 e. The number of nitrogens with one attached hydrogen (secondary N) is 2. The number of aliphatic hydroxyl groups is 1. The van der Waals surface area contributed by atoms with Crippen LogP contribution in [0.15, 0.2) is 54.6 Å². The summed E-state index contributed by atoms with van der Waals surface area (Å²) in [5, 5.41) is 15.5. The van der Waals surface area contributed by atoms with Crippen molar-refractivity contribution >= 4 is 23.4 Å². The molecule has 0 aromatic heterocycles. The lowest BCUT2D eigenvalue weighted by atomic mass is 9.62. The van der Waals surface area contributed by atoms with Crippen LogP contribution in [-0.4, -0.2) is 65.2 Å². The van der Waals surface area contributed by atoms with Gasteiger partial charge in [-0.05, 0) is 55.5 Å². The molecule has 3 aliphatic rings. The topological polar surface area (TPSA) is 117 Å². The van der Waals surface area contributed by atoms with Crippen molar-refractivity contribution in [3.8, 4) is 5.75 Å². The number of likely N-dealkylation sites (tertiary alicyclic amines) is 1. The molecule has 1 spiro atoms. The first-order valence-corrected chi connectivity index (χ1v) is 13.1. The number of amides is 3. The third-order valence-corrected chi connectivity index (χ3v) is 8.57. The van der Waals surface area contributed by atoms with Crippen molar-refractivity contribution < 1.29 is 29.0 Å². The van der Waals surface area contributed by atoms with E-state index >= 15 is 0 Å². The van der Waals surface area contributed by atoms with Gasteiger partial charge in [-0.25, -0.2) is 0 Å². The van der Waals surface area contributed by atoms with Crippen LogP contribution in [0.3, 0.4) is 0 Å². The average Bonchev–Trinajstić information content (AvgIpc) is 3.43. The van der Waals surface area contributed by atoms with Crippen molar-refractivity contribution in [3.63, 3.8) is 0 Å². The monoisotopic (exact) mass is 521 g/mol. The lowest BCUT2D eigenvalue weighted by molar-refractivity contribution is -0.146. The molecular formula is C29H35N3O6. The molecule has 3 heterocycles. The molecule has 3 N–H and O–H groups in total. The average molecular weight is 522 g/mol. The summed E-state index contributed by atoms with van der Waals surface area (Å²) in [5.74, 6) is -1.81. The minimum Gasteiger partial charge on any atom is -0.497 e. The van der Waals surface area contributed by atoms with Gasteiger partial charge in [0.2, 0.25) is 17.7 Å². The van der Waals surface area contributed by atoms with Crippen LogP contribution in [0, 0.1) is 17.8 Å². The van der Waals surface area contributed by atoms with Gasteiger partial charge in [-0.15, -0.1) is 0 Å². The highest BCUT2D eigenvalue weighted by atomic mass is 16.5. The number of ether oxygens (including phenoxy) is 2. The van der Waals surface area contributed by atoms with Crippen molar-refractivity contribution in [3.05, 3.63) is 60.2 Å². The maximum atomic E-state index is 14.0. The highest BCUT2D eigenvalue weighted by Gasteiger charge is 2.79. The Bertz CT molecular complexity index is 1200. The molecule has 0 aliphatic carbocycles. The lowest BCUT2D eigenvalue weighted by Crippen LogP contribution is -2.54. The van der Waals surface area contributed by atoms with Gasteiger partial charge in [-0.2, -0.15) is 0 Å². The van der Waals surface area contributed by atoms with Gasteiger partial charge < -0.3 is 30.1 Å². The van der Waals surface area contributed by atoms with E-state index in [1.165, 1.54) is 4.90 Å². The number of benzene rings is 2. The molecule has 5 rings (SSSR count). The Balaban J connectivity index is 1.46. The van der Waals surface area contributed by atoms with Gasteiger partial charge in [0.1, 0.15) is 17.4 Å². The number of nitrogens with zero attached hydrogens (tertiary/aromatic N) is 1. The van der Waals surface area contributed by atoms with E-state index in [0.717, 1.165) is 5.56 Å². The Hall–Kier alpha value is -3.43. The minimum absolute atomic E-state index is 0.0481. The third kappa shape index (κ3) is 4.14. The molecule has 0 radical (unpaired) electrons. The third-order valence-electron chi connectivity index (χ3n) is 8.57. The molecule has 3 saturated heterocycles. The summed E-state index contributed by atoms with van der Waals surface area (Å²) in [5.41, 5.74) is -0.500. The normalized spacial score (nSPS) is 31.3. The SMILES string of the molecule is COc1ccc(NC(=O)C2N(CCCO)C(=O)[C@@H]3[C@H](C(=O)NCc4ccccc4)[C@@]4(C)OC23CC4C)cc1. The van der Waals surface area contributed by atoms with Crippen molar-refractivity contribution in [2.45, 2.75) is 50.5 Å². The van der Waals surface area contributed by atoms with E-state index in [1.807, 2.05) is 44.2 Å². The van der Waals surface area contributed by atoms with Crippen LogP contribution in [0.5, 0.6) is 5.75 Å². The Kier molecular flexibility index (Phi) is 6.92. The van der Waals surface area contributed by atoms with Gasteiger partial charge >= 0.3 is 0 Å². The van der Waals surface area contributed by atoms with Crippen LogP contribution < -0.4 is 15.4 Å². The maximum absolute atomic E-state index is 14.0. The fraction of sp³-hybridized carbons (Fsp3) is 0.483. The molecule has 0 saturated carbocycles. The van der Waals surface area contributed by atoms with E-state index in [2.05, 4.69) is 10.6 Å². The van der Waals surface area contributed by atoms with Crippen LogP contribution in [0.1, 0.15) is 32.3 Å². The number of hydrogen-bond donors (Lipinski definition) is 3. The van der Waals surface area contributed by atoms with Gasteiger partial charge in [0.15, 0.2) is 0 Å². The maximum Gasteiger partial charge on any atom is 0.250 e. The van der Waals surface area contributed by atoms with Gasteiger partial charge in [-0.3, -0.25) is 14.4 Å². The zero-order valence-corrected chi connectivity index (χ0v) is 22.0. The van der Waals surface area contributed by atoms with E-state index in [0.29, 0.717) is 30.8 Å². The summed E-state index contributed by atoms with van der Waals surface area (Å²) >= 11 is 0. The number of carbonyl (C=O) groups excluding carboxylic acids is 3. The summed E-state index contributed by atoms with van der Waals surface area (Å²) in [6.07, 6.45) is 0.803. The number of carbonyl (C=O) groups is 3. The first-order chi connectivity index (χ1) is 18.2. The summed E-state index contributed by atoms with van der Waals surface area (Å²) in [6.45, 7) is 4.32. The Morgan fingerprint density at radius 1 is 1.13 bits per heavy atom. The fourth-order valence-electron chi connectivity index (χ4n) is 6.70. The standard InChI is InChI=1S/C29H35N3O6/c1-18-16-29-23(22(28(18,2)38-29)25(34)30-17-19-8-5-4-6-9-19)27(36)32(14-7-15-33)24(29)26(35)31-20-10-12-21(37-3)13-11-20/h4-6,8-13,18,22-24,33H,7,14-17H2,1-3H3,(H,30,34)(H,31,35)/t18?,22-,23+,24?,28+,29?/m1/s1. The summed E-state index contributed by atoms with van der Waals surface area (Å²) < 4.78 is 11.9. The van der Waals surface area contributed by atoms with Crippen LogP contribution in [0.4, 0.5) is 5.69 Å². The van der Waals surface area contributed by atoms with Gasteiger partial charge in [0, 0.05) is 25.4 Å². The molecule has 2 aromatic rings. The molecule has 2 aromatic carbocycles. The molecule has 2 bridgehead atoms. The van der Waals surface area contributed by atoms with Gasteiger partial charge in [0.25, 0.3) is 0 Å². The van der Waals surface area contributed by atoms with E-state index < -0.39 is 29.1 Å². The van der Waals surface area contributed by atoms with Crippen molar-refractivity contribution in [2.24, 2.45) is 17.8 Å². The van der Waals surface area contributed by atoms with Crippen molar-refractivity contribution in [1.29, 1.82) is 0 Å². The van der Waals surface area contributed by atoms with Crippen LogP contribution in [0.25, 0.3) is 0 Å². The highest BCUT2D eigenvalue weighted by molar-refractivity contribution is 6.03. The van der Waals surface area contributed by atoms with E-state index in [4.69, 9.17) is 9.47 Å². The van der Waals surface area contributed by atoms with E-state index in [-0.39, 0.29) is 36.8 Å². The number of methoxy groups -OCH3 is 1. The Morgan fingerprint density at radius 3 is 2.50 bits per heavy atom. The Morgan fingerprint density at radius 2 is 1.84 bits per heavy atom. The highest BCUT2D eigenvalue weighted by Crippen LogP contribution is 2.65. The lowest BCUT2D eigenvalue weighted by Gasteiger charge is -2.36. The molecule has 202 valence electrons. The van der Waals surface area contributed by atoms with Gasteiger partial charge in [-0.1, -0.05) is 37.3 Å². The number of anilines is 1. The zero-order valence-electron chi connectivity index (χ0n) is 22.0. The second-order valence-corrected chi connectivity index (χ2v) is 10.7. The van der Waals surface area contributed by atoms with Crippen LogP contribution in [0.2, 0.25) is 0 Å². The molecule has 3 aliphatic heterocycles. The molecule has 3 amide bonds. The molecule has 6 atom stereocenters. The van der Waals surface area contributed by atoms with E-state index in [9.17, 15) is 19.5 Å². The minimum atomic E-state index is -1.13. The Labute approximate surface area is 222 Å². The van der Waals surface area contributed by atoms with Crippen molar-refractivity contribution in [2.75, 3.05) is 25.6 Å². The van der Waals surface area contributed by atoms with Crippen LogP contribution >= 0.6 is 0 Å². The number of aliphatic hydroxyl groups excluding tert-OH is 1. The largest absolute Gasteiger partial charge is 0.497 e. The summed E-state index contributed by atoms with van der Waals surface area (Å²) in [6, 6.07) is 15.6. The summed E-state index contributed by atoms with van der Waals surface area (Å²) in [4.78, 5) is 43.0. The molecule has 9 nitrogen and oxygen atoms in total. The molecule has 38 heavy (non-hydrogen) atoms. The zero-order chi connectivity index (χ0) is 27.1. The summed E-state index contributed by atoms with van der Waals surface area (Å²) in [7, 11) is 1.57. The number of hydrogen-bond acceptors (Lipinski definition) is 6. The second-order valence-electron chi connectivity index (χ2n) is 10.7.